The molecular formula is C20H19ClN4O3. The Hall–Kier alpha value is -2.93. The molecule has 0 saturated carbocycles. The van der Waals surface area contributed by atoms with E-state index in [1.807, 2.05) is 30.3 Å². The molecule has 3 heterocycles. The molecule has 2 saturated heterocycles. The Morgan fingerprint density at radius 1 is 1.14 bits per heavy atom. The van der Waals surface area contributed by atoms with Gasteiger partial charge in [0, 0.05) is 32.0 Å². The summed E-state index contributed by atoms with van der Waals surface area (Å²) >= 11 is 6.09. The number of nitrogens with one attached hydrogen (secondary N) is 1. The maximum absolute atomic E-state index is 12.8. The molecule has 2 aliphatic rings. The van der Waals surface area contributed by atoms with Gasteiger partial charge in [0.2, 0.25) is 0 Å². The second kappa shape index (κ2) is 7.24. The van der Waals surface area contributed by atoms with Gasteiger partial charge in [-0.2, -0.15) is 0 Å². The van der Waals surface area contributed by atoms with Crippen molar-refractivity contribution in [2.24, 2.45) is 0 Å². The van der Waals surface area contributed by atoms with Crippen LogP contribution in [0.5, 0.6) is 0 Å². The maximum Gasteiger partial charge on any atom is 0.325 e. The predicted molar refractivity (Wildman–Crippen MR) is 103 cm³/mol. The van der Waals surface area contributed by atoms with Gasteiger partial charge in [0.1, 0.15) is 5.54 Å². The van der Waals surface area contributed by atoms with E-state index in [0.717, 1.165) is 5.56 Å². The molecule has 8 heteroatoms. The average Bonchev–Trinajstić information content (AvgIpc) is 2.93. The number of piperidine rings is 1. The molecule has 1 N–H and O–H groups in total. The lowest BCUT2D eigenvalue weighted by atomic mass is 9.85. The van der Waals surface area contributed by atoms with Crippen molar-refractivity contribution in [1.29, 1.82) is 0 Å². The molecule has 4 amide bonds. The van der Waals surface area contributed by atoms with Crippen LogP contribution in [0.4, 0.5) is 4.79 Å². The number of benzene rings is 1. The number of aromatic nitrogens is 1. The summed E-state index contributed by atoms with van der Waals surface area (Å²) < 4.78 is 0. The second-order valence-electron chi connectivity index (χ2n) is 7.01. The second-order valence-corrected chi connectivity index (χ2v) is 7.42. The first-order valence-corrected chi connectivity index (χ1v) is 9.45. The molecule has 1 aromatic heterocycles. The zero-order valence-electron chi connectivity index (χ0n) is 15.1. The van der Waals surface area contributed by atoms with Crippen LogP contribution in [0.25, 0.3) is 0 Å². The van der Waals surface area contributed by atoms with E-state index in [-0.39, 0.29) is 17.8 Å². The number of likely N-dealkylation sites (tertiary alicyclic amines) is 1. The predicted octanol–water partition coefficient (Wildman–Crippen LogP) is 2.46. The Balaban J connectivity index is 1.52. The summed E-state index contributed by atoms with van der Waals surface area (Å²) in [6, 6.07) is 10.8. The number of hydrogen-bond acceptors (Lipinski definition) is 4. The quantitative estimate of drug-likeness (QED) is 0.805. The van der Waals surface area contributed by atoms with E-state index in [4.69, 9.17) is 11.6 Å². The van der Waals surface area contributed by atoms with E-state index in [0.29, 0.717) is 43.1 Å². The van der Waals surface area contributed by atoms with E-state index in [2.05, 4.69) is 10.3 Å². The molecule has 0 aliphatic carbocycles. The first-order valence-electron chi connectivity index (χ1n) is 9.07. The number of imide groups is 1. The molecule has 2 aromatic rings. The molecule has 2 aliphatic heterocycles. The highest BCUT2D eigenvalue weighted by atomic mass is 35.5. The molecule has 1 spiro atoms. The topological polar surface area (TPSA) is 82.6 Å². The van der Waals surface area contributed by atoms with Crippen LogP contribution in [-0.4, -0.2) is 51.3 Å². The molecule has 0 atom stereocenters. The van der Waals surface area contributed by atoms with Gasteiger partial charge in [-0.15, -0.1) is 0 Å². The largest absolute Gasteiger partial charge is 0.338 e. The van der Waals surface area contributed by atoms with Gasteiger partial charge in [0.25, 0.3) is 11.8 Å². The maximum atomic E-state index is 12.8. The Morgan fingerprint density at radius 3 is 2.54 bits per heavy atom. The van der Waals surface area contributed by atoms with Gasteiger partial charge in [-0.25, -0.2) is 4.79 Å². The molecule has 28 heavy (non-hydrogen) atoms. The van der Waals surface area contributed by atoms with E-state index in [1.54, 1.807) is 15.9 Å². The smallest absolute Gasteiger partial charge is 0.325 e. The number of nitrogens with zero attached hydrogens (tertiary/aromatic N) is 3. The summed E-state index contributed by atoms with van der Waals surface area (Å²) in [5.74, 6) is -0.482. The lowest BCUT2D eigenvalue weighted by Gasteiger charge is -2.42. The number of pyridine rings is 1. The monoisotopic (exact) mass is 398 g/mol. The van der Waals surface area contributed by atoms with Gasteiger partial charge < -0.3 is 9.80 Å². The first kappa shape index (κ1) is 18.4. The van der Waals surface area contributed by atoms with Crippen molar-refractivity contribution in [3.8, 4) is 0 Å². The third-order valence-corrected chi connectivity index (χ3v) is 5.77. The summed E-state index contributed by atoms with van der Waals surface area (Å²) in [6.07, 6.45) is 3.72. The zero-order valence-corrected chi connectivity index (χ0v) is 15.9. The van der Waals surface area contributed by atoms with E-state index in [1.165, 1.54) is 12.4 Å². The van der Waals surface area contributed by atoms with Crippen LogP contribution < -0.4 is 5.32 Å². The van der Waals surface area contributed by atoms with Gasteiger partial charge in [0.15, 0.2) is 0 Å². The van der Waals surface area contributed by atoms with Crippen molar-refractivity contribution in [1.82, 2.24) is 20.1 Å². The number of urea groups is 1. The SMILES string of the molecule is O=C(c1ccncc1Cl)N1CCC2(CC1)C(=O)NC(=O)N2Cc1ccccc1. The fourth-order valence-corrected chi connectivity index (χ4v) is 4.08. The number of halogens is 1. The molecule has 2 fully saturated rings. The minimum Gasteiger partial charge on any atom is -0.338 e. The van der Waals surface area contributed by atoms with Crippen LogP contribution >= 0.6 is 11.6 Å². The van der Waals surface area contributed by atoms with Gasteiger partial charge in [0.05, 0.1) is 10.6 Å². The van der Waals surface area contributed by atoms with E-state index in [9.17, 15) is 14.4 Å². The number of amides is 4. The summed E-state index contributed by atoms with van der Waals surface area (Å²) in [4.78, 5) is 45.0. The van der Waals surface area contributed by atoms with Crippen LogP contribution in [0.3, 0.4) is 0 Å². The summed E-state index contributed by atoms with van der Waals surface area (Å²) in [5, 5.41) is 2.75. The van der Waals surface area contributed by atoms with Gasteiger partial charge >= 0.3 is 6.03 Å². The van der Waals surface area contributed by atoms with Crippen LogP contribution in [0, 0.1) is 0 Å². The fourth-order valence-electron chi connectivity index (χ4n) is 3.88. The third-order valence-electron chi connectivity index (χ3n) is 5.47. The molecule has 1 aromatic carbocycles. The fraction of sp³-hybridized carbons (Fsp3) is 0.300. The first-order chi connectivity index (χ1) is 13.5. The molecule has 4 rings (SSSR count). The number of carbonyl (C=O) groups is 3. The van der Waals surface area contributed by atoms with E-state index < -0.39 is 5.54 Å². The number of hydrogen-bond donors (Lipinski definition) is 1. The standard InChI is InChI=1S/C20H19ClN4O3/c21-16-12-22-9-6-15(16)17(26)24-10-7-20(8-11-24)18(27)23-19(28)25(20)13-14-4-2-1-3-5-14/h1-6,9,12H,7-8,10-11,13H2,(H,23,27,28). The van der Waals surface area contributed by atoms with Crippen molar-refractivity contribution >= 4 is 29.4 Å². The van der Waals surface area contributed by atoms with Crippen molar-refractivity contribution in [3.63, 3.8) is 0 Å². The summed E-state index contributed by atoms with van der Waals surface area (Å²) in [7, 11) is 0. The van der Waals surface area contributed by atoms with Crippen molar-refractivity contribution in [3.05, 3.63) is 64.9 Å². The van der Waals surface area contributed by atoms with Crippen LogP contribution in [-0.2, 0) is 11.3 Å². The van der Waals surface area contributed by atoms with Crippen molar-refractivity contribution in [2.75, 3.05) is 13.1 Å². The van der Waals surface area contributed by atoms with Crippen molar-refractivity contribution < 1.29 is 14.4 Å². The molecule has 0 unspecified atom stereocenters. The molecule has 144 valence electrons. The van der Waals surface area contributed by atoms with Gasteiger partial charge in [-0.05, 0) is 24.5 Å². The minimum absolute atomic E-state index is 0.193. The normalized spacial score (nSPS) is 18.5. The Bertz CT molecular complexity index is 926. The Kier molecular flexibility index (Phi) is 4.77. The zero-order chi connectivity index (χ0) is 19.7. The molecule has 0 radical (unpaired) electrons. The lowest BCUT2D eigenvalue weighted by molar-refractivity contribution is -0.129. The minimum atomic E-state index is -0.925. The average molecular weight is 399 g/mol. The number of carbonyl (C=O) groups excluding carboxylic acids is 3. The molecular weight excluding hydrogens is 380 g/mol. The number of rotatable bonds is 3. The summed E-state index contributed by atoms with van der Waals surface area (Å²) in [5.41, 5.74) is 0.417. The van der Waals surface area contributed by atoms with Gasteiger partial charge in [-0.1, -0.05) is 41.9 Å². The Morgan fingerprint density at radius 2 is 1.86 bits per heavy atom. The highest BCUT2D eigenvalue weighted by Gasteiger charge is 2.54. The molecule has 0 bridgehead atoms. The highest BCUT2D eigenvalue weighted by molar-refractivity contribution is 6.33. The molecule has 7 nitrogen and oxygen atoms in total. The highest BCUT2D eigenvalue weighted by Crippen LogP contribution is 2.35. The summed E-state index contributed by atoms with van der Waals surface area (Å²) in [6.45, 7) is 1.08. The van der Waals surface area contributed by atoms with Crippen molar-refractivity contribution in [2.45, 2.75) is 24.9 Å². The Labute approximate surface area is 167 Å². The van der Waals surface area contributed by atoms with Gasteiger partial charge in [-0.3, -0.25) is 19.9 Å². The van der Waals surface area contributed by atoms with E-state index >= 15 is 0 Å². The van der Waals surface area contributed by atoms with Crippen LogP contribution in [0.1, 0.15) is 28.8 Å². The lowest BCUT2D eigenvalue weighted by Crippen LogP contribution is -2.57. The third kappa shape index (κ3) is 3.11. The van der Waals surface area contributed by atoms with Crippen LogP contribution in [0.2, 0.25) is 5.02 Å². The van der Waals surface area contributed by atoms with Crippen LogP contribution in [0.15, 0.2) is 48.8 Å².